The van der Waals surface area contributed by atoms with Crippen molar-refractivity contribution in [3.63, 3.8) is 0 Å². The fourth-order valence-electron chi connectivity index (χ4n) is 1.39. The summed E-state index contributed by atoms with van der Waals surface area (Å²) in [6.45, 7) is 0. The van der Waals surface area contributed by atoms with Crippen LogP contribution in [0, 0.1) is 11.3 Å². The van der Waals surface area contributed by atoms with Crippen LogP contribution in [0.2, 0.25) is 5.02 Å². The summed E-state index contributed by atoms with van der Waals surface area (Å²) in [5.41, 5.74) is 0.928. The molecule has 0 heterocycles. The predicted molar refractivity (Wildman–Crippen MR) is 63.7 cm³/mol. The summed E-state index contributed by atoms with van der Waals surface area (Å²) in [5.74, 6) is 0. The van der Waals surface area contributed by atoms with Crippen LogP contribution in [0.3, 0.4) is 0 Å². The van der Waals surface area contributed by atoms with Crippen molar-refractivity contribution >= 4 is 27.5 Å². The predicted octanol–water partition coefficient (Wildman–Crippen LogP) is 3.42. The monoisotopic (exact) mass is 284 g/mol. The third-order valence-electron chi connectivity index (χ3n) is 2.39. The second kappa shape index (κ2) is 4.52. The van der Waals surface area contributed by atoms with Crippen LogP contribution in [0.4, 0.5) is 0 Å². The lowest BCUT2D eigenvalue weighted by Crippen LogP contribution is -2.21. The summed E-state index contributed by atoms with van der Waals surface area (Å²) in [6, 6.07) is 8.13. The number of hydrogen-bond acceptors (Lipinski definition) is 2. The van der Waals surface area contributed by atoms with Gasteiger partial charge in [-0.15, -0.1) is 0 Å². The number of nitriles is 1. The van der Waals surface area contributed by atoms with E-state index in [1.165, 1.54) is 12.8 Å². The first-order valence-corrected chi connectivity index (χ1v) is 5.98. The Labute approximate surface area is 102 Å². The van der Waals surface area contributed by atoms with Crippen LogP contribution in [0.5, 0.6) is 0 Å². The number of halogens is 2. The molecule has 0 saturated heterocycles. The number of rotatable bonds is 3. The van der Waals surface area contributed by atoms with Crippen LogP contribution in [0.15, 0.2) is 22.7 Å². The molecule has 0 bridgehead atoms. The van der Waals surface area contributed by atoms with Gasteiger partial charge in [0.25, 0.3) is 0 Å². The van der Waals surface area contributed by atoms with Crippen molar-refractivity contribution in [2.45, 2.75) is 24.9 Å². The standard InChI is InChI=1S/C11H10BrClN2/c12-9-4-1-7(5-10(9)13)11(6-14)15-8-2-3-8/h1,4-5,8,11,15H,2-3H2. The van der Waals surface area contributed by atoms with Gasteiger partial charge in [-0.25, -0.2) is 0 Å². The van der Waals surface area contributed by atoms with Crippen molar-refractivity contribution in [3.8, 4) is 6.07 Å². The van der Waals surface area contributed by atoms with E-state index < -0.39 is 0 Å². The zero-order valence-electron chi connectivity index (χ0n) is 8.00. The van der Waals surface area contributed by atoms with Gasteiger partial charge in [0.1, 0.15) is 6.04 Å². The molecule has 1 aliphatic rings. The molecule has 2 nitrogen and oxygen atoms in total. The van der Waals surface area contributed by atoms with Gasteiger partial charge in [-0.05, 0) is 46.5 Å². The van der Waals surface area contributed by atoms with E-state index in [0.717, 1.165) is 10.0 Å². The summed E-state index contributed by atoms with van der Waals surface area (Å²) in [4.78, 5) is 0. The molecule has 0 aliphatic heterocycles. The number of benzene rings is 1. The summed E-state index contributed by atoms with van der Waals surface area (Å²) in [7, 11) is 0. The molecule has 1 N–H and O–H groups in total. The van der Waals surface area contributed by atoms with Crippen molar-refractivity contribution < 1.29 is 0 Å². The summed E-state index contributed by atoms with van der Waals surface area (Å²) < 4.78 is 0.857. The van der Waals surface area contributed by atoms with Crippen molar-refractivity contribution in [2.24, 2.45) is 0 Å². The first kappa shape index (κ1) is 10.9. The molecule has 1 aromatic rings. The summed E-state index contributed by atoms with van der Waals surface area (Å²) in [6.07, 6.45) is 2.34. The number of hydrogen-bond donors (Lipinski definition) is 1. The molecular formula is C11H10BrClN2. The molecule has 0 spiro atoms. The molecule has 1 aromatic carbocycles. The Kier molecular flexibility index (Phi) is 3.30. The average Bonchev–Trinajstić information content (AvgIpc) is 3.02. The maximum atomic E-state index is 9.05. The Morgan fingerprint density at radius 1 is 1.53 bits per heavy atom. The molecule has 0 amide bonds. The molecule has 4 heteroatoms. The molecule has 15 heavy (non-hydrogen) atoms. The minimum absolute atomic E-state index is 0.247. The molecule has 1 atom stereocenters. The first-order valence-electron chi connectivity index (χ1n) is 4.81. The van der Waals surface area contributed by atoms with Crippen LogP contribution >= 0.6 is 27.5 Å². The van der Waals surface area contributed by atoms with Crippen molar-refractivity contribution in [2.75, 3.05) is 0 Å². The van der Waals surface area contributed by atoms with Crippen LogP contribution in [0.25, 0.3) is 0 Å². The Morgan fingerprint density at radius 3 is 2.80 bits per heavy atom. The van der Waals surface area contributed by atoms with E-state index >= 15 is 0 Å². The van der Waals surface area contributed by atoms with Gasteiger partial charge in [0.15, 0.2) is 0 Å². The molecule has 2 rings (SSSR count). The SMILES string of the molecule is N#CC(NC1CC1)c1ccc(Br)c(Cl)c1. The zero-order chi connectivity index (χ0) is 10.8. The number of nitrogens with one attached hydrogen (secondary N) is 1. The molecule has 1 aliphatic carbocycles. The lowest BCUT2D eigenvalue weighted by atomic mass is 10.1. The minimum Gasteiger partial charge on any atom is -0.295 e. The molecule has 1 unspecified atom stereocenters. The Balaban J connectivity index is 2.18. The highest BCUT2D eigenvalue weighted by molar-refractivity contribution is 9.10. The maximum absolute atomic E-state index is 9.05. The molecular weight excluding hydrogens is 275 g/mol. The summed E-state index contributed by atoms with van der Waals surface area (Å²) in [5, 5.41) is 13.0. The Morgan fingerprint density at radius 2 is 2.27 bits per heavy atom. The van der Waals surface area contributed by atoms with Gasteiger partial charge in [0, 0.05) is 10.5 Å². The highest BCUT2D eigenvalue weighted by Gasteiger charge is 2.25. The highest BCUT2D eigenvalue weighted by Crippen LogP contribution is 2.28. The van der Waals surface area contributed by atoms with Crippen LogP contribution < -0.4 is 5.32 Å². The van der Waals surface area contributed by atoms with E-state index in [2.05, 4.69) is 27.3 Å². The van der Waals surface area contributed by atoms with Crippen LogP contribution in [-0.4, -0.2) is 6.04 Å². The van der Waals surface area contributed by atoms with Gasteiger partial charge in [0.2, 0.25) is 0 Å². The second-order valence-corrected chi connectivity index (χ2v) is 4.94. The van der Waals surface area contributed by atoms with E-state index in [4.69, 9.17) is 16.9 Å². The van der Waals surface area contributed by atoms with E-state index in [-0.39, 0.29) is 6.04 Å². The van der Waals surface area contributed by atoms with Gasteiger partial charge in [-0.2, -0.15) is 5.26 Å². The zero-order valence-corrected chi connectivity index (χ0v) is 10.3. The fourth-order valence-corrected chi connectivity index (χ4v) is 1.82. The molecule has 1 saturated carbocycles. The van der Waals surface area contributed by atoms with Gasteiger partial charge in [-0.3, -0.25) is 5.32 Å². The first-order chi connectivity index (χ1) is 7.20. The Hall–Kier alpha value is -0.560. The Bertz CT molecular complexity index is 410. The van der Waals surface area contributed by atoms with Crippen LogP contribution in [-0.2, 0) is 0 Å². The average molecular weight is 286 g/mol. The quantitative estimate of drug-likeness (QED) is 0.923. The minimum atomic E-state index is -0.247. The molecule has 78 valence electrons. The molecule has 1 fully saturated rings. The second-order valence-electron chi connectivity index (χ2n) is 3.68. The van der Waals surface area contributed by atoms with Gasteiger partial charge < -0.3 is 0 Å². The van der Waals surface area contributed by atoms with Crippen molar-refractivity contribution in [1.29, 1.82) is 5.26 Å². The van der Waals surface area contributed by atoms with Gasteiger partial charge >= 0.3 is 0 Å². The van der Waals surface area contributed by atoms with Crippen molar-refractivity contribution in [3.05, 3.63) is 33.3 Å². The highest BCUT2D eigenvalue weighted by atomic mass is 79.9. The topological polar surface area (TPSA) is 35.8 Å². The maximum Gasteiger partial charge on any atom is 0.121 e. The molecule has 0 radical (unpaired) electrons. The van der Waals surface area contributed by atoms with Crippen LogP contribution in [0.1, 0.15) is 24.4 Å². The normalized spacial score (nSPS) is 17.1. The van der Waals surface area contributed by atoms with Gasteiger partial charge in [-0.1, -0.05) is 17.7 Å². The van der Waals surface area contributed by atoms with E-state index in [1.54, 1.807) is 0 Å². The van der Waals surface area contributed by atoms with Crippen molar-refractivity contribution in [1.82, 2.24) is 5.32 Å². The fraction of sp³-hybridized carbons (Fsp3) is 0.364. The third kappa shape index (κ3) is 2.72. The smallest absolute Gasteiger partial charge is 0.121 e. The summed E-state index contributed by atoms with van der Waals surface area (Å²) >= 11 is 9.31. The van der Waals surface area contributed by atoms with E-state index in [0.29, 0.717) is 11.1 Å². The van der Waals surface area contributed by atoms with Gasteiger partial charge in [0.05, 0.1) is 11.1 Å². The third-order valence-corrected chi connectivity index (χ3v) is 3.62. The number of nitrogens with zero attached hydrogens (tertiary/aromatic N) is 1. The lowest BCUT2D eigenvalue weighted by Gasteiger charge is -2.11. The van der Waals surface area contributed by atoms with E-state index in [1.807, 2.05) is 18.2 Å². The largest absolute Gasteiger partial charge is 0.295 e. The lowest BCUT2D eigenvalue weighted by molar-refractivity contribution is 0.626. The molecule has 0 aromatic heterocycles. The van der Waals surface area contributed by atoms with E-state index in [9.17, 15) is 0 Å².